The van der Waals surface area contributed by atoms with Gasteiger partial charge < -0.3 is 21.1 Å². The molecule has 0 aliphatic heterocycles. The largest absolute Gasteiger partial charge is 0.465 e. The van der Waals surface area contributed by atoms with E-state index in [0.29, 0.717) is 0 Å². The highest BCUT2D eigenvalue weighted by Gasteiger charge is 2.19. The topological polar surface area (TPSA) is 145 Å². The molecule has 4 N–H and O–H groups in total. The van der Waals surface area contributed by atoms with E-state index in [-0.39, 0.29) is 41.0 Å². The summed E-state index contributed by atoms with van der Waals surface area (Å²) in [5, 5.41) is 4.82. The highest BCUT2D eigenvalue weighted by molar-refractivity contribution is 7.90. The Labute approximate surface area is 164 Å². The Morgan fingerprint density at radius 1 is 1.19 bits per heavy atom. The van der Waals surface area contributed by atoms with Gasteiger partial charge in [-0.15, -0.1) is 12.4 Å². The first-order chi connectivity index (χ1) is 12.0. The van der Waals surface area contributed by atoms with Gasteiger partial charge in [-0.05, 0) is 24.1 Å². The van der Waals surface area contributed by atoms with Gasteiger partial charge in [0.25, 0.3) is 0 Å². The molecular formula is C16H24ClN3O6S. The van der Waals surface area contributed by atoms with Crippen molar-refractivity contribution in [2.45, 2.75) is 24.8 Å². The number of esters is 1. The van der Waals surface area contributed by atoms with Crippen molar-refractivity contribution in [1.29, 1.82) is 0 Å². The Morgan fingerprint density at radius 2 is 1.78 bits per heavy atom. The van der Waals surface area contributed by atoms with E-state index >= 15 is 0 Å². The van der Waals surface area contributed by atoms with Crippen molar-refractivity contribution < 1.29 is 27.5 Å². The summed E-state index contributed by atoms with van der Waals surface area (Å²) in [6.45, 7) is 3.20. The van der Waals surface area contributed by atoms with Crippen molar-refractivity contribution in [1.82, 2.24) is 5.32 Å². The average Bonchev–Trinajstić information content (AvgIpc) is 2.56. The zero-order chi connectivity index (χ0) is 20.1. The predicted molar refractivity (Wildman–Crippen MR) is 103 cm³/mol. The first-order valence-electron chi connectivity index (χ1n) is 7.72. The fraction of sp³-hybridized carbons (Fsp3) is 0.438. The molecule has 0 fully saturated rings. The van der Waals surface area contributed by atoms with Gasteiger partial charge in [-0.3, -0.25) is 9.59 Å². The lowest BCUT2D eigenvalue weighted by molar-refractivity contribution is -0.125. The van der Waals surface area contributed by atoms with Gasteiger partial charge >= 0.3 is 5.97 Å². The van der Waals surface area contributed by atoms with Crippen LogP contribution in [0.5, 0.6) is 0 Å². The first kappa shape index (κ1) is 24.8. The highest BCUT2D eigenvalue weighted by Crippen LogP contribution is 2.20. The Balaban J connectivity index is 0.00000676. The number of nitrogens with one attached hydrogen (secondary N) is 2. The lowest BCUT2D eigenvalue weighted by Gasteiger charge is -2.15. The number of anilines is 1. The number of methoxy groups -OCH3 is 1. The van der Waals surface area contributed by atoms with Crippen LogP contribution >= 0.6 is 12.4 Å². The normalized spacial score (nSPS) is 11.9. The molecular weight excluding hydrogens is 398 g/mol. The third kappa shape index (κ3) is 7.53. The fourth-order valence-corrected chi connectivity index (χ4v) is 2.60. The molecule has 1 aromatic rings. The molecule has 27 heavy (non-hydrogen) atoms. The van der Waals surface area contributed by atoms with E-state index in [1.165, 1.54) is 12.1 Å². The molecule has 1 atom stereocenters. The van der Waals surface area contributed by atoms with Crippen LogP contribution in [-0.2, 0) is 24.2 Å². The summed E-state index contributed by atoms with van der Waals surface area (Å²) in [4.78, 5) is 35.3. The molecule has 0 bridgehead atoms. The second-order valence-electron chi connectivity index (χ2n) is 6.05. The van der Waals surface area contributed by atoms with Crippen molar-refractivity contribution in [2.24, 2.45) is 11.7 Å². The monoisotopic (exact) mass is 421 g/mol. The van der Waals surface area contributed by atoms with Crippen LogP contribution in [0.4, 0.5) is 5.69 Å². The molecule has 0 unspecified atom stereocenters. The lowest BCUT2D eigenvalue weighted by atomic mass is 10.1. The maximum atomic E-state index is 12.0. The van der Waals surface area contributed by atoms with Gasteiger partial charge in [0.1, 0.15) is 0 Å². The molecule has 152 valence electrons. The van der Waals surface area contributed by atoms with Gasteiger partial charge in [0.05, 0.1) is 30.2 Å². The average molecular weight is 422 g/mol. The van der Waals surface area contributed by atoms with Gasteiger partial charge in [-0.25, -0.2) is 13.2 Å². The molecule has 1 aromatic carbocycles. The number of ether oxygens (including phenoxy) is 1. The van der Waals surface area contributed by atoms with Crippen molar-refractivity contribution in [3.8, 4) is 0 Å². The van der Waals surface area contributed by atoms with E-state index in [1.807, 2.05) is 0 Å². The Bertz CT molecular complexity index is 810. The number of carbonyl (C=O) groups excluding carboxylic acids is 3. The molecule has 11 heteroatoms. The van der Waals surface area contributed by atoms with Crippen LogP contribution in [-0.4, -0.2) is 52.2 Å². The minimum Gasteiger partial charge on any atom is -0.465 e. The molecule has 0 heterocycles. The van der Waals surface area contributed by atoms with Crippen LogP contribution in [0.15, 0.2) is 23.1 Å². The van der Waals surface area contributed by atoms with Gasteiger partial charge in [-0.2, -0.15) is 0 Å². The smallest absolute Gasteiger partial charge is 0.337 e. The van der Waals surface area contributed by atoms with Crippen LogP contribution in [0, 0.1) is 5.92 Å². The quantitative estimate of drug-likeness (QED) is 0.538. The van der Waals surface area contributed by atoms with Gasteiger partial charge in [0, 0.05) is 11.9 Å². The van der Waals surface area contributed by atoms with E-state index in [4.69, 9.17) is 5.73 Å². The van der Waals surface area contributed by atoms with Crippen LogP contribution in [0.2, 0.25) is 0 Å². The Morgan fingerprint density at radius 3 is 2.26 bits per heavy atom. The van der Waals surface area contributed by atoms with Gasteiger partial charge in [-0.1, -0.05) is 13.8 Å². The second kappa shape index (κ2) is 10.2. The molecule has 0 saturated heterocycles. The number of amides is 2. The highest BCUT2D eigenvalue weighted by atomic mass is 35.5. The van der Waals surface area contributed by atoms with E-state index in [9.17, 15) is 22.8 Å². The van der Waals surface area contributed by atoms with Crippen molar-refractivity contribution in [2.75, 3.05) is 25.2 Å². The third-order valence-electron chi connectivity index (χ3n) is 3.48. The maximum absolute atomic E-state index is 12.0. The number of sulfone groups is 1. The number of benzene rings is 1. The molecule has 0 saturated carbocycles. The third-order valence-corrected chi connectivity index (χ3v) is 4.58. The zero-order valence-corrected chi connectivity index (χ0v) is 17.1. The Kier molecular flexibility index (Phi) is 9.42. The molecule has 0 aromatic heterocycles. The van der Waals surface area contributed by atoms with Crippen LogP contribution < -0.4 is 16.4 Å². The van der Waals surface area contributed by atoms with Crippen molar-refractivity contribution >= 4 is 45.7 Å². The predicted octanol–water partition coefficient (Wildman–Crippen LogP) is 0.337. The fourth-order valence-electron chi connectivity index (χ4n) is 1.91. The van der Waals surface area contributed by atoms with Gasteiger partial charge in [0.15, 0.2) is 9.84 Å². The maximum Gasteiger partial charge on any atom is 0.337 e. The summed E-state index contributed by atoms with van der Waals surface area (Å²) in [6, 6.07) is 2.89. The van der Waals surface area contributed by atoms with Crippen LogP contribution in [0.1, 0.15) is 24.2 Å². The summed E-state index contributed by atoms with van der Waals surface area (Å²) < 4.78 is 28.1. The summed E-state index contributed by atoms with van der Waals surface area (Å²) >= 11 is 0. The summed E-state index contributed by atoms with van der Waals surface area (Å²) in [6.07, 6.45) is 0.975. The number of hydrogen-bond donors (Lipinski definition) is 3. The molecule has 0 aliphatic carbocycles. The Hall–Kier alpha value is -2.17. The first-order valence-corrected chi connectivity index (χ1v) is 9.61. The van der Waals surface area contributed by atoms with Crippen molar-refractivity contribution in [3.05, 3.63) is 23.8 Å². The number of rotatable bonds is 7. The molecule has 0 radical (unpaired) electrons. The molecule has 0 spiro atoms. The molecule has 9 nitrogen and oxygen atoms in total. The number of hydrogen-bond acceptors (Lipinski definition) is 7. The summed E-state index contributed by atoms with van der Waals surface area (Å²) in [7, 11) is -2.46. The van der Waals surface area contributed by atoms with E-state index < -0.39 is 33.7 Å². The minimum atomic E-state index is -3.62. The van der Waals surface area contributed by atoms with E-state index in [0.717, 1.165) is 19.4 Å². The number of nitrogens with two attached hydrogens (primary N) is 1. The number of carbonyl (C=O) groups is 3. The van der Waals surface area contributed by atoms with Gasteiger partial charge in [0.2, 0.25) is 11.8 Å². The summed E-state index contributed by atoms with van der Waals surface area (Å²) in [5.74, 6) is -1.92. The van der Waals surface area contributed by atoms with E-state index in [2.05, 4.69) is 15.4 Å². The summed E-state index contributed by atoms with van der Waals surface area (Å²) in [5.41, 5.74) is 5.73. The van der Waals surface area contributed by atoms with Crippen molar-refractivity contribution in [3.63, 3.8) is 0 Å². The van der Waals surface area contributed by atoms with Crippen LogP contribution in [0.3, 0.4) is 0 Å². The molecule has 0 aliphatic rings. The standard InChI is InChI=1S/C16H23N3O6S.ClH/c1-9(2)14(17)15(21)18-8-13(20)19-11-5-10(16(22)25-3)6-12(7-11)26(4,23)24;/h5-7,9,14H,8,17H2,1-4H3,(H,18,21)(H,19,20);1H/t14-;/m0./s1. The number of halogens is 1. The second-order valence-corrected chi connectivity index (χ2v) is 8.06. The molecule has 1 rings (SSSR count). The van der Waals surface area contributed by atoms with E-state index in [1.54, 1.807) is 13.8 Å². The lowest BCUT2D eigenvalue weighted by Crippen LogP contribution is -2.46. The van der Waals surface area contributed by atoms with Crippen LogP contribution in [0.25, 0.3) is 0 Å². The zero-order valence-electron chi connectivity index (χ0n) is 15.4. The molecule has 2 amide bonds. The SMILES string of the molecule is COC(=O)c1cc(NC(=O)CNC(=O)[C@@H](N)C(C)C)cc(S(C)(=O)=O)c1.Cl. The minimum absolute atomic E-state index is 0.